The Bertz CT molecular complexity index is 351. The molecule has 0 saturated carbocycles. The van der Waals surface area contributed by atoms with Crippen LogP contribution in [-0.4, -0.2) is 21.2 Å². The van der Waals surface area contributed by atoms with Gasteiger partial charge >= 0.3 is 0 Å². The zero-order valence-electron chi connectivity index (χ0n) is 7.62. The van der Waals surface area contributed by atoms with Crippen molar-refractivity contribution in [2.24, 2.45) is 0 Å². The average Bonchev–Trinajstić information content (AvgIpc) is 2.51. The lowest BCUT2D eigenvalue weighted by Crippen LogP contribution is -2.27. The number of hydrogen-bond donors (Lipinski definition) is 0. The normalized spacial score (nSPS) is 22.1. The SMILES string of the molecule is CC(C)(F)C1CC(=O)c2ccnn21. The number of nitrogens with zero attached hydrogens (tertiary/aromatic N) is 2. The van der Waals surface area contributed by atoms with E-state index in [9.17, 15) is 9.18 Å². The molecule has 2 rings (SSSR count). The second-order valence-corrected chi connectivity index (χ2v) is 3.87. The molecular formula is C9H11FN2O. The molecule has 70 valence electrons. The van der Waals surface area contributed by atoms with Gasteiger partial charge in [-0.3, -0.25) is 9.48 Å². The van der Waals surface area contributed by atoms with Crippen molar-refractivity contribution in [1.82, 2.24) is 9.78 Å². The quantitative estimate of drug-likeness (QED) is 0.663. The van der Waals surface area contributed by atoms with E-state index in [4.69, 9.17) is 0 Å². The minimum absolute atomic E-state index is 0.0202. The zero-order chi connectivity index (χ0) is 9.64. The van der Waals surface area contributed by atoms with Gasteiger partial charge in [-0.15, -0.1) is 0 Å². The average molecular weight is 182 g/mol. The molecule has 1 aliphatic rings. The molecule has 1 unspecified atom stereocenters. The summed E-state index contributed by atoms with van der Waals surface area (Å²) in [5.41, 5.74) is -0.872. The van der Waals surface area contributed by atoms with E-state index in [1.54, 1.807) is 6.07 Å². The fraction of sp³-hybridized carbons (Fsp3) is 0.556. The highest BCUT2D eigenvalue weighted by Gasteiger charge is 2.40. The third kappa shape index (κ3) is 1.17. The van der Waals surface area contributed by atoms with Crippen LogP contribution in [0.5, 0.6) is 0 Å². The molecule has 0 aliphatic carbocycles. The standard InChI is InChI=1S/C9H11FN2O/c1-9(2,10)8-5-7(13)6-3-4-11-12(6)8/h3-4,8H,5H2,1-2H3. The van der Waals surface area contributed by atoms with E-state index in [1.165, 1.54) is 24.7 Å². The highest BCUT2D eigenvalue weighted by Crippen LogP contribution is 2.35. The molecule has 1 aromatic heterocycles. The van der Waals surface area contributed by atoms with E-state index in [1.807, 2.05) is 0 Å². The van der Waals surface area contributed by atoms with Gasteiger partial charge in [0, 0.05) is 12.6 Å². The van der Waals surface area contributed by atoms with Crippen molar-refractivity contribution in [1.29, 1.82) is 0 Å². The maximum absolute atomic E-state index is 13.6. The number of hydrogen-bond acceptors (Lipinski definition) is 2. The first-order chi connectivity index (χ1) is 6.00. The van der Waals surface area contributed by atoms with E-state index in [0.717, 1.165) is 0 Å². The van der Waals surface area contributed by atoms with Gasteiger partial charge in [0.15, 0.2) is 5.78 Å². The molecule has 0 fully saturated rings. The van der Waals surface area contributed by atoms with Crippen molar-refractivity contribution in [3.05, 3.63) is 18.0 Å². The second kappa shape index (κ2) is 2.40. The van der Waals surface area contributed by atoms with E-state index in [0.29, 0.717) is 5.69 Å². The number of fused-ring (bicyclic) bond motifs is 1. The molecule has 0 spiro atoms. The summed E-state index contributed by atoms with van der Waals surface area (Å²) in [7, 11) is 0. The highest BCUT2D eigenvalue weighted by atomic mass is 19.1. The van der Waals surface area contributed by atoms with Gasteiger partial charge < -0.3 is 0 Å². The van der Waals surface area contributed by atoms with Gasteiger partial charge in [0.2, 0.25) is 0 Å². The molecule has 0 amide bonds. The molecule has 13 heavy (non-hydrogen) atoms. The van der Waals surface area contributed by atoms with E-state index < -0.39 is 11.7 Å². The van der Waals surface area contributed by atoms with E-state index in [-0.39, 0.29) is 12.2 Å². The van der Waals surface area contributed by atoms with Crippen LogP contribution in [0.25, 0.3) is 0 Å². The van der Waals surface area contributed by atoms with Crippen LogP contribution in [0.2, 0.25) is 0 Å². The molecule has 0 bridgehead atoms. The maximum atomic E-state index is 13.6. The lowest BCUT2D eigenvalue weighted by atomic mass is 9.99. The van der Waals surface area contributed by atoms with Gasteiger partial charge in [-0.25, -0.2) is 4.39 Å². The molecule has 0 radical (unpaired) electrons. The Kier molecular flexibility index (Phi) is 1.55. The molecule has 0 N–H and O–H groups in total. The van der Waals surface area contributed by atoms with Crippen LogP contribution in [0.15, 0.2) is 12.3 Å². The van der Waals surface area contributed by atoms with Crippen LogP contribution in [-0.2, 0) is 0 Å². The maximum Gasteiger partial charge on any atom is 0.183 e. The van der Waals surface area contributed by atoms with Crippen molar-refractivity contribution in [3.63, 3.8) is 0 Å². The van der Waals surface area contributed by atoms with Crippen molar-refractivity contribution in [2.75, 3.05) is 0 Å². The van der Waals surface area contributed by atoms with Crippen molar-refractivity contribution in [3.8, 4) is 0 Å². The number of carbonyl (C=O) groups is 1. The Morgan fingerprint density at radius 1 is 1.69 bits per heavy atom. The van der Waals surface area contributed by atoms with Crippen molar-refractivity contribution < 1.29 is 9.18 Å². The summed E-state index contributed by atoms with van der Waals surface area (Å²) in [5, 5.41) is 3.95. The highest BCUT2D eigenvalue weighted by molar-refractivity contribution is 5.96. The third-order valence-corrected chi connectivity index (χ3v) is 2.42. The van der Waals surface area contributed by atoms with Crippen LogP contribution in [0.3, 0.4) is 0 Å². The Morgan fingerprint density at radius 3 is 3.00 bits per heavy atom. The van der Waals surface area contributed by atoms with Gasteiger partial charge in [0.25, 0.3) is 0 Å². The van der Waals surface area contributed by atoms with E-state index >= 15 is 0 Å². The minimum Gasteiger partial charge on any atom is -0.292 e. The van der Waals surface area contributed by atoms with Crippen LogP contribution in [0.1, 0.15) is 36.8 Å². The van der Waals surface area contributed by atoms with Crippen molar-refractivity contribution >= 4 is 5.78 Å². The Balaban J connectivity index is 2.44. The molecule has 0 saturated heterocycles. The van der Waals surface area contributed by atoms with Crippen LogP contribution >= 0.6 is 0 Å². The lowest BCUT2D eigenvalue weighted by molar-refractivity contribution is 0.0919. The number of halogens is 1. The summed E-state index contributed by atoms with van der Waals surface area (Å²) in [6, 6.07) is 1.19. The van der Waals surface area contributed by atoms with Crippen molar-refractivity contribution in [2.45, 2.75) is 32.0 Å². The monoisotopic (exact) mass is 182 g/mol. The number of carbonyl (C=O) groups excluding carboxylic acids is 1. The van der Waals surface area contributed by atoms with Gasteiger partial charge in [-0.2, -0.15) is 5.10 Å². The molecule has 1 aromatic rings. The minimum atomic E-state index is -1.40. The molecule has 4 heteroatoms. The van der Waals surface area contributed by atoms with Crippen LogP contribution in [0.4, 0.5) is 4.39 Å². The molecule has 2 heterocycles. The number of rotatable bonds is 1. The first kappa shape index (κ1) is 8.41. The van der Waals surface area contributed by atoms with Gasteiger partial charge in [0.05, 0.1) is 6.04 Å². The number of aromatic nitrogens is 2. The van der Waals surface area contributed by atoms with Crippen LogP contribution < -0.4 is 0 Å². The fourth-order valence-corrected chi connectivity index (χ4v) is 1.68. The second-order valence-electron chi connectivity index (χ2n) is 3.87. The first-order valence-electron chi connectivity index (χ1n) is 4.26. The van der Waals surface area contributed by atoms with Gasteiger partial charge in [-0.05, 0) is 19.9 Å². The van der Waals surface area contributed by atoms with Gasteiger partial charge in [-0.1, -0.05) is 0 Å². The number of alkyl halides is 1. The van der Waals surface area contributed by atoms with Crippen LogP contribution in [0, 0.1) is 0 Å². The van der Waals surface area contributed by atoms with E-state index in [2.05, 4.69) is 5.10 Å². The molecule has 3 nitrogen and oxygen atoms in total. The summed E-state index contributed by atoms with van der Waals surface area (Å²) in [5.74, 6) is -0.0202. The largest absolute Gasteiger partial charge is 0.292 e. The van der Waals surface area contributed by atoms with Gasteiger partial charge in [0.1, 0.15) is 11.4 Å². The molecular weight excluding hydrogens is 171 g/mol. The lowest BCUT2D eigenvalue weighted by Gasteiger charge is -2.22. The predicted molar refractivity (Wildman–Crippen MR) is 45.4 cm³/mol. The summed E-state index contributed by atoms with van der Waals surface area (Å²) in [6.45, 7) is 2.95. The Morgan fingerprint density at radius 2 is 2.38 bits per heavy atom. The number of Topliss-reactive ketones (excluding diaryl/α,β-unsaturated/α-hetero) is 1. The Labute approximate surface area is 75.5 Å². The number of ketones is 1. The molecule has 1 aliphatic heterocycles. The topological polar surface area (TPSA) is 34.9 Å². The summed E-state index contributed by atoms with van der Waals surface area (Å²) in [6.07, 6.45) is 1.76. The zero-order valence-corrected chi connectivity index (χ0v) is 7.62. The third-order valence-electron chi connectivity index (χ3n) is 2.42. The summed E-state index contributed by atoms with van der Waals surface area (Å²) >= 11 is 0. The summed E-state index contributed by atoms with van der Waals surface area (Å²) in [4.78, 5) is 11.4. The smallest absolute Gasteiger partial charge is 0.183 e. The fourth-order valence-electron chi connectivity index (χ4n) is 1.68. The molecule has 1 atom stereocenters. The predicted octanol–water partition coefficient (Wildman–Crippen LogP) is 1.76. The first-order valence-corrected chi connectivity index (χ1v) is 4.26. The Hall–Kier alpha value is -1.19. The molecule has 0 aromatic carbocycles. The summed E-state index contributed by atoms with van der Waals surface area (Å²) < 4.78 is 15.1.